The maximum absolute atomic E-state index is 13.8. The van der Waals surface area contributed by atoms with Crippen LogP contribution in [0.5, 0.6) is 0 Å². The Morgan fingerprint density at radius 1 is 1.09 bits per heavy atom. The monoisotopic (exact) mass is 335 g/mol. The van der Waals surface area contributed by atoms with Gasteiger partial charge >= 0.3 is 0 Å². The minimum atomic E-state index is -0.558. The zero-order valence-corrected chi connectivity index (χ0v) is 13.5. The van der Waals surface area contributed by atoms with Gasteiger partial charge < -0.3 is 5.32 Å². The van der Waals surface area contributed by atoms with Gasteiger partial charge in [0, 0.05) is 10.5 Å². The van der Waals surface area contributed by atoms with Crippen LogP contribution in [0.15, 0.2) is 41.3 Å². The number of hydrogen-bond donors (Lipinski definition) is 1. The molecule has 0 saturated heterocycles. The van der Waals surface area contributed by atoms with Crippen molar-refractivity contribution in [2.75, 3.05) is 11.1 Å². The molecule has 23 heavy (non-hydrogen) atoms. The summed E-state index contributed by atoms with van der Waals surface area (Å²) < 4.78 is 27.4. The summed E-state index contributed by atoms with van der Waals surface area (Å²) in [7, 11) is 0. The van der Waals surface area contributed by atoms with Gasteiger partial charge in [0.15, 0.2) is 5.78 Å². The Kier molecular flexibility index (Phi) is 5.50. The summed E-state index contributed by atoms with van der Waals surface area (Å²) in [6.07, 6.45) is 0. The number of carbonyl (C=O) groups is 2. The fourth-order valence-electron chi connectivity index (χ4n) is 1.90. The van der Waals surface area contributed by atoms with Crippen molar-refractivity contribution in [2.24, 2.45) is 0 Å². The third kappa shape index (κ3) is 4.63. The molecule has 0 aliphatic carbocycles. The fourth-order valence-corrected chi connectivity index (χ4v) is 2.62. The lowest BCUT2D eigenvalue weighted by molar-refractivity contribution is -0.113. The molecule has 0 unspecified atom stereocenters. The number of amides is 1. The summed E-state index contributed by atoms with van der Waals surface area (Å²) in [5.74, 6) is -1.81. The largest absolute Gasteiger partial charge is 0.323 e. The summed E-state index contributed by atoms with van der Waals surface area (Å²) in [4.78, 5) is 23.3. The molecule has 0 aromatic heterocycles. The molecule has 0 aliphatic rings. The number of hydrogen-bond acceptors (Lipinski definition) is 3. The van der Waals surface area contributed by atoms with Gasteiger partial charge in [-0.25, -0.2) is 8.78 Å². The van der Waals surface area contributed by atoms with Crippen LogP contribution in [0, 0.1) is 18.6 Å². The molecule has 0 atom stereocenters. The Hall–Kier alpha value is -2.21. The Balaban J connectivity index is 1.99. The first-order valence-corrected chi connectivity index (χ1v) is 7.84. The quantitative estimate of drug-likeness (QED) is 0.658. The average molecular weight is 335 g/mol. The minimum absolute atomic E-state index is 0.0658. The van der Waals surface area contributed by atoms with E-state index in [4.69, 9.17) is 0 Å². The van der Waals surface area contributed by atoms with E-state index in [0.717, 1.165) is 23.4 Å². The smallest absolute Gasteiger partial charge is 0.234 e. The molecule has 120 valence electrons. The van der Waals surface area contributed by atoms with Gasteiger partial charge in [0.05, 0.1) is 11.4 Å². The highest BCUT2D eigenvalue weighted by molar-refractivity contribution is 8.00. The van der Waals surface area contributed by atoms with Crippen molar-refractivity contribution in [3.05, 3.63) is 59.2 Å². The minimum Gasteiger partial charge on any atom is -0.323 e. The van der Waals surface area contributed by atoms with Crippen molar-refractivity contribution in [2.45, 2.75) is 18.7 Å². The van der Waals surface area contributed by atoms with Crippen LogP contribution in [-0.4, -0.2) is 17.4 Å². The SMILES string of the molecule is CC(=O)c1ccc(SCC(=O)Nc2cc(C)ccc2F)c(F)c1. The van der Waals surface area contributed by atoms with Crippen LogP contribution in [0.4, 0.5) is 14.5 Å². The highest BCUT2D eigenvalue weighted by atomic mass is 32.2. The number of carbonyl (C=O) groups excluding carboxylic acids is 2. The Labute approximate surface area is 137 Å². The molecule has 0 bridgehead atoms. The first-order chi connectivity index (χ1) is 10.9. The van der Waals surface area contributed by atoms with E-state index in [1.807, 2.05) is 0 Å². The van der Waals surface area contributed by atoms with Gasteiger partial charge in [0.1, 0.15) is 11.6 Å². The van der Waals surface area contributed by atoms with Crippen molar-refractivity contribution < 1.29 is 18.4 Å². The highest BCUT2D eigenvalue weighted by Crippen LogP contribution is 2.23. The molecule has 0 aliphatic heterocycles. The van der Waals surface area contributed by atoms with Gasteiger partial charge in [-0.2, -0.15) is 0 Å². The molecule has 2 aromatic carbocycles. The molecule has 0 radical (unpaired) electrons. The lowest BCUT2D eigenvalue weighted by Gasteiger charge is -2.08. The lowest BCUT2D eigenvalue weighted by Crippen LogP contribution is -2.15. The van der Waals surface area contributed by atoms with Crippen molar-refractivity contribution in [1.29, 1.82) is 0 Å². The first kappa shape index (κ1) is 17.1. The third-order valence-corrected chi connectivity index (χ3v) is 4.14. The molecule has 1 amide bonds. The first-order valence-electron chi connectivity index (χ1n) is 6.86. The predicted octanol–water partition coefficient (Wildman–Crippen LogP) is 4.21. The molecule has 1 N–H and O–H groups in total. The standard InChI is InChI=1S/C17H15F2NO2S/c1-10-3-5-13(18)15(7-10)20-17(22)9-23-16-6-4-12(11(2)21)8-14(16)19/h3-8H,9H2,1-2H3,(H,20,22). The van der Waals surface area contributed by atoms with Gasteiger partial charge in [-0.3, -0.25) is 9.59 Å². The van der Waals surface area contributed by atoms with E-state index in [2.05, 4.69) is 5.32 Å². The number of nitrogens with one attached hydrogen (secondary N) is 1. The number of ketones is 1. The molecule has 0 fully saturated rings. The summed E-state index contributed by atoms with van der Waals surface area (Å²) in [5.41, 5.74) is 1.20. The second-order valence-electron chi connectivity index (χ2n) is 5.02. The summed E-state index contributed by atoms with van der Waals surface area (Å²) in [5, 5.41) is 2.46. The maximum atomic E-state index is 13.8. The van der Waals surface area contributed by atoms with Crippen LogP contribution in [-0.2, 0) is 4.79 Å². The normalized spacial score (nSPS) is 10.4. The fraction of sp³-hybridized carbons (Fsp3) is 0.176. The van der Waals surface area contributed by atoms with Crippen LogP contribution >= 0.6 is 11.8 Å². The van der Waals surface area contributed by atoms with E-state index in [1.54, 1.807) is 13.0 Å². The Bertz CT molecular complexity index is 762. The van der Waals surface area contributed by atoms with Crippen molar-refractivity contribution in [3.63, 3.8) is 0 Å². The van der Waals surface area contributed by atoms with Gasteiger partial charge in [-0.05, 0) is 43.7 Å². The molecule has 0 spiro atoms. The van der Waals surface area contributed by atoms with E-state index in [9.17, 15) is 18.4 Å². The average Bonchev–Trinajstić information content (AvgIpc) is 2.49. The van der Waals surface area contributed by atoms with Gasteiger partial charge in [0.2, 0.25) is 5.91 Å². The van der Waals surface area contributed by atoms with Crippen LogP contribution in [0.3, 0.4) is 0 Å². The zero-order valence-electron chi connectivity index (χ0n) is 12.7. The van der Waals surface area contributed by atoms with Crippen molar-refractivity contribution in [3.8, 4) is 0 Å². The number of Topliss-reactive ketones (excluding diaryl/α,β-unsaturated/α-hetero) is 1. The van der Waals surface area contributed by atoms with Gasteiger partial charge in [-0.15, -0.1) is 11.8 Å². The molecular weight excluding hydrogens is 320 g/mol. The van der Waals surface area contributed by atoms with Crippen LogP contribution < -0.4 is 5.32 Å². The molecule has 2 aromatic rings. The Morgan fingerprint density at radius 3 is 2.48 bits per heavy atom. The number of thioether (sulfide) groups is 1. The van der Waals surface area contributed by atoms with E-state index >= 15 is 0 Å². The number of halogens is 2. The van der Waals surface area contributed by atoms with E-state index < -0.39 is 17.5 Å². The van der Waals surface area contributed by atoms with Crippen molar-refractivity contribution in [1.82, 2.24) is 0 Å². The van der Waals surface area contributed by atoms with Crippen molar-refractivity contribution >= 4 is 29.1 Å². The maximum Gasteiger partial charge on any atom is 0.234 e. The number of rotatable bonds is 5. The zero-order chi connectivity index (χ0) is 17.0. The van der Waals surface area contributed by atoms with Crippen LogP contribution in [0.2, 0.25) is 0 Å². The van der Waals surface area contributed by atoms with Gasteiger partial charge in [-0.1, -0.05) is 12.1 Å². The van der Waals surface area contributed by atoms with Crippen LogP contribution in [0.1, 0.15) is 22.8 Å². The topological polar surface area (TPSA) is 46.2 Å². The lowest BCUT2D eigenvalue weighted by atomic mass is 10.1. The van der Waals surface area contributed by atoms with E-state index in [1.165, 1.54) is 31.2 Å². The number of benzene rings is 2. The summed E-state index contributed by atoms with van der Waals surface area (Å²) in [6, 6.07) is 8.51. The molecule has 2 rings (SSSR count). The molecule has 3 nitrogen and oxygen atoms in total. The second-order valence-corrected chi connectivity index (χ2v) is 6.04. The van der Waals surface area contributed by atoms with Gasteiger partial charge in [0.25, 0.3) is 0 Å². The number of anilines is 1. The summed E-state index contributed by atoms with van der Waals surface area (Å²) in [6.45, 7) is 3.14. The molecule has 0 saturated carbocycles. The van der Waals surface area contributed by atoms with E-state index in [0.29, 0.717) is 0 Å². The second kappa shape index (κ2) is 7.37. The van der Waals surface area contributed by atoms with E-state index in [-0.39, 0.29) is 27.7 Å². The number of aryl methyl sites for hydroxylation is 1. The third-order valence-electron chi connectivity index (χ3n) is 3.09. The summed E-state index contributed by atoms with van der Waals surface area (Å²) >= 11 is 0.984. The van der Waals surface area contributed by atoms with Crippen LogP contribution in [0.25, 0.3) is 0 Å². The molecule has 0 heterocycles. The highest BCUT2D eigenvalue weighted by Gasteiger charge is 2.11. The predicted molar refractivity (Wildman–Crippen MR) is 86.9 cm³/mol. The Morgan fingerprint density at radius 2 is 1.83 bits per heavy atom. The molecule has 6 heteroatoms. The molecular formula is C17H15F2NO2S.